The van der Waals surface area contributed by atoms with Crippen molar-refractivity contribution in [3.63, 3.8) is 0 Å². The van der Waals surface area contributed by atoms with Gasteiger partial charge in [-0.05, 0) is 12.5 Å². The van der Waals surface area contributed by atoms with Gasteiger partial charge in [0.15, 0.2) is 0 Å². The lowest BCUT2D eigenvalue weighted by atomic mass is 10.1. The van der Waals surface area contributed by atoms with Crippen LogP contribution in [0.1, 0.15) is 21.6 Å². The minimum atomic E-state index is -0.182. The number of imidazole rings is 1. The maximum atomic E-state index is 11.9. The Bertz CT molecular complexity index is 685. The zero-order chi connectivity index (χ0) is 13.2. The van der Waals surface area contributed by atoms with Crippen molar-refractivity contribution in [3.8, 4) is 0 Å². The van der Waals surface area contributed by atoms with Crippen LogP contribution in [0.5, 0.6) is 0 Å². The first kappa shape index (κ1) is 11.9. The molecule has 0 spiro atoms. The number of nitrogens with one attached hydrogen (secondary N) is 1. The molecule has 3 rings (SSSR count). The highest BCUT2D eigenvalue weighted by atomic mass is 32.1. The third kappa shape index (κ3) is 2.48. The summed E-state index contributed by atoms with van der Waals surface area (Å²) in [7, 11) is 0. The van der Waals surface area contributed by atoms with Crippen molar-refractivity contribution in [1.82, 2.24) is 19.9 Å². The summed E-state index contributed by atoms with van der Waals surface area (Å²) in [5, 5.41) is 6.89. The van der Waals surface area contributed by atoms with E-state index in [0.717, 1.165) is 10.5 Å². The Kier molecular flexibility index (Phi) is 3.00. The molecule has 0 atom stereocenters. The van der Waals surface area contributed by atoms with E-state index in [1.54, 1.807) is 16.2 Å². The SMILES string of the molecule is Cc1ccc(CNC(=O)c2cn3ncsc3n2)cc1. The fourth-order valence-electron chi connectivity index (χ4n) is 1.73. The summed E-state index contributed by atoms with van der Waals surface area (Å²) in [4.78, 5) is 16.9. The molecule has 19 heavy (non-hydrogen) atoms. The number of fused-ring (bicyclic) bond motifs is 1. The molecule has 6 heteroatoms. The molecule has 1 amide bonds. The molecule has 2 heterocycles. The fourth-order valence-corrected chi connectivity index (χ4v) is 2.33. The van der Waals surface area contributed by atoms with Crippen molar-refractivity contribution in [3.05, 3.63) is 52.8 Å². The number of nitrogens with zero attached hydrogens (tertiary/aromatic N) is 3. The van der Waals surface area contributed by atoms with E-state index in [2.05, 4.69) is 15.4 Å². The Morgan fingerprint density at radius 2 is 2.16 bits per heavy atom. The van der Waals surface area contributed by atoms with Crippen molar-refractivity contribution in [2.45, 2.75) is 13.5 Å². The van der Waals surface area contributed by atoms with Gasteiger partial charge in [-0.2, -0.15) is 5.10 Å². The van der Waals surface area contributed by atoms with Crippen LogP contribution >= 0.6 is 11.3 Å². The number of carbonyl (C=O) groups is 1. The molecule has 0 aliphatic carbocycles. The van der Waals surface area contributed by atoms with Gasteiger partial charge in [0.25, 0.3) is 5.91 Å². The van der Waals surface area contributed by atoms with Crippen molar-refractivity contribution >= 4 is 22.2 Å². The van der Waals surface area contributed by atoms with Gasteiger partial charge >= 0.3 is 0 Å². The molecule has 0 saturated heterocycles. The number of hydrogen-bond acceptors (Lipinski definition) is 4. The molecular weight excluding hydrogens is 260 g/mol. The molecule has 3 aromatic rings. The van der Waals surface area contributed by atoms with Crippen molar-refractivity contribution in [2.24, 2.45) is 0 Å². The van der Waals surface area contributed by atoms with Crippen molar-refractivity contribution in [2.75, 3.05) is 0 Å². The van der Waals surface area contributed by atoms with Gasteiger partial charge in [0.05, 0.1) is 6.20 Å². The highest BCUT2D eigenvalue weighted by Gasteiger charge is 2.11. The van der Waals surface area contributed by atoms with Gasteiger partial charge < -0.3 is 5.32 Å². The molecule has 96 valence electrons. The lowest BCUT2D eigenvalue weighted by Gasteiger charge is -2.03. The Labute approximate surface area is 113 Å². The predicted octanol–water partition coefficient (Wildman–Crippen LogP) is 2.03. The molecule has 0 radical (unpaired) electrons. The standard InChI is InChI=1S/C13H12N4OS/c1-9-2-4-10(5-3-9)6-14-12(18)11-7-17-13(16-11)19-8-15-17/h2-5,7-8H,6H2,1H3,(H,14,18). The molecule has 0 unspecified atom stereocenters. The zero-order valence-electron chi connectivity index (χ0n) is 10.3. The van der Waals surface area contributed by atoms with Crippen molar-refractivity contribution in [1.29, 1.82) is 0 Å². The van der Waals surface area contributed by atoms with Gasteiger partial charge in [0.1, 0.15) is 11.2 Å². The molecule has 0 bridgehead atoms. The fraction of sp³-hybridized carbons (Fsp3) is 0.154. The van der Waals surface area contributed by atoms with Gasteiger partial charge in [0, 0.05) is 6.54 Å². The number of hydrogen-bond donors (Lipinski definition) is 1. The summed E-state index contributed by atoms with van der Waals surface area (Å²) < 4.78 is 1.60. The Morgan fingerprint density at radius 3 is 2.89 bits per heavy atom. The Balaban J connectivity index is 1.68. The van der Waals surface area contributed by atoms with Crippen molar-refractivity contribution < 1.29 is 4.79 Å². The first-order valence-corrected chi connectivity index (χ1v) is 6.73. The van der Waals surface area contributed by atoms with E-state index in [1.165, 1.54) is 16.9 Å². The highest BCUT2D eigenvalue weighted by molar-refractivity contribution is 7.14. The summed E-state index contributed by atoms with van der Waals surface area (Å²) in [5.74, 6) is -0.182. The molecule has 1 N–H and O–H groups in total. The van der Waals surface area contributed by atoms with Gasteiger partial charge in [-0.1, -0.05) is 41.2 Å². The number of amides is 1. The van der Waals surface area contributed by atoms with Gasteiger partial charge in [-0.3, -0.25) is 4.79 Å². The molecule has 1 aromatic carbocycles. The van der Waals surface area contributed by atoms with Crippen LogP contribution in [0.3, 0.4) is 0 Å². The van der Waals surface area contributed by atoms with E-state index in [4.69, 9.17) is 0 Å². The average molecular weight is 272 g/mol. The second kappa shape index (κ2) is 4.81. The maximum Gasteiger partial charge on any atom is 0.271 e. The van der Waals surface area contributed by atoms with Crippen LogP contribution in [0.2, 0.25) is 0 Å². The summed E-state index contributed by atoms with van der Waals surface area (Å²) >= 11 is 1.40. The molecule has 5 nitrogen and oxygen atoms in total. The third-order valence-corrected chi connectivity index (χ3v) is 3.48. The topological polar surface area (TPSA) is 59.3 Å². The van der Waals surface area contributed by atoms with Crippen LogP contribution in [0.15, 0.2) is 36.0 Å². The number of carbonyl (C=O) groups excluding carboxylic acids is 1. The Morgan fingerprint density at radius 1 is 1.37 bits per heavy atom. The van der Waals surface area contributed by atoms with Gasteiger partial charge in [-0.15, -0.1) is 0 Å². The minimum absolute atomic E-state index is 0.182. The number of aromatic nitrogens is 3. The molecule has 0 aliphatic heterocycles. The minimum Gasteiger partial charge on any atom is -0.347 e. The summed E-state index contributed by atoms with van der Waals surface area (Å²) in [5.41, 5.74) is 4.36. The smallest absolute Gasteiger partial charge is 0.271 e. The second-order valence-electron chi connectivity index (χ2n) is 4.26. The van der Waals surface area contributed by atoms with Gasteiger partial charge in [-0.25, -0.2) is 9.50 Å². The van der Waals surface area contributed by atoms with Gasteiger partial charge in [0.2, 0.25) is 4.96 Å². The van der Waals surface area contributed by atoms with Crippen LogP contribution in [-0.2, 0) is 6.54 Å². The molecule has 0 aliphatic rings. The number of benzene rings is 1. The highest BCUT2D eigenvalue weighted by Crippen LogP contribution is 2.09. The maximum absolute atomic E-state index is 11.9. The first-order chi connectivity index (χ1) is 9.22. The normalized spacial score (nSPS) is 10.8. The van der Waals surface area contributed by atoms with Crippen LogP contribution in [-0.4, -0.2) is 20.5 Å². The lowest BCUT2D eigenvalue weighted by molar-refractivity contribution is 0.0946. The van der Waals surface area contributed by atoms with E-state index >= 15 is 0 Å². The molecule has 0 fully saturated rings. The predicted molar refractivity (Wildman–Crippen MR) is 73.2 cm³/mol. The van der Waals surface area contributed by atoms with E-state index < -0.39 is 0 Å². The third-order valence-electron chi connectivity index (χ3n) is 2.79. The van der Waals surface area contributed by atoms with Crippen LogP contribution in [0.4, 0.5) is 0 Å². The molecule has 0 saturated carbocycles. The number of aryl methyl sites for hydroxylation is 1. The molecule has 2 aromatic heterocycles. The van der Waals surface area contributed by atoms with E-state index in [9.17, 15) is 4.79 Å². The van der Waals surface area contributed by atoms with E-state index in [1.807, 2.05) is 31.2 Å². The van der Waals surface area contributed by atoms with Crippen LogP contribution < -0.4 is 5.32 Å². The lowest BCUT2D eigenvalue weighted by Crippen LogP contribution is -2.23. The summed E-state index contributed by atoms with van der Waals surface area (Å²) in [6.45, 7) is 2.53. The van der Waals surface area contributed by atoms with Crippen LogP contribution in [0.25, 0.3) is 4.96 Å². The van der Waals surface area contributed by atoms with E-state index in [-0.39, 0.29) is 5.91 Å². The largest absolute Gasteiger partial charge is 0.347 e. The second-order valence-corrected chi connectivity index (χ2v) is 5.07. The summed E-state index contributed by atoms with van der Waals surface area (Å²) in [6, 6.07) is 8.06. The average Bonchev–Trinajstić information content (AvgIpc) is 2.98. The quantitative estimate of drug-likeness (QED) is 0.793. The number of rotatable bonds is 3. The Hall–Kier alpha value is -2.21. The molecular formula is C13H12N4OS. The summed E-state index contributed by atoms with van der Waals surface area (Å²) in [6.07, 6.45) is 1.64. The van der Waals surface area contributed by atoms with E-state index in [0.29, 0.717) is 12.2 Å². The monoisotopic (exact) mass is 272 g/mol. The zero-order valence-corrected chi connectivity index (χ0v) is 11.1. The van der Waals surface area contributed by atoms with Crippen LogP contribution in [0, 0.1) is 6.92 Å². The first-order valence-electron chi connectivity index (χ1n) is 5.85.